The number of hydrogen-bond donors (Lipinski definition) is 1. The molecule has 21 heteroatoms. The molecule has 0 aromatic heterocycles. The predicted octanol–water partition coefficient (Wildman–Crippen LogP) is 16.8. The molecule has 12 rings (SSSR count). The number of rotatable bonds is 39. The molecule has 10 aromatic rings. The van der Waals surface area contributed by atoms with Gasteiger partial charge in [0.25, 0.3) is 0 Å². The van der Waals surface area contributed by atoms with E-state index in [4.69, 9.17) is 66.3 Å². The average Bonchev–Trinajstić information content (AvgIpc) is 0.787. The number of carbonyl (C=O) groups is 5. The summed E-state index contributed by atoms with van der Waals surface area (Å²) in [6.45, 7) is 10.4. The van der Waals surface area contributed by atoms with Crippen LogP contribution in [-0.4, -0.2) is 122 Å². The van der Waals surface area contributed by atoms with Crippen LogP contribution in [0.5, 0.6) is 23.0 Å². The van der Waals surface area contributed by atoms with Crippen molar-refractivity contribution in [1.82, 2.24) is 0 Å². The van der Waals surface area contributed by atoms with Crippen LogP contribution in [0.25, 0.3) is 0 Å². The monoisotopic (exact) mass is 1570 g/mol. The number of carbonyl (C=O) groups excluding carboxylic acids is 4. The van der Waals surface area contributed by atoms with E-state index in [0.717, 1.165) is 56.1 Å². The van der Waals surface area contributed by atoms with Gasteiger partial charge in [-0.15, -0.1) is 18.3 Å². The zero-order valence-electron chi connectivity index (χ0n) is 64.6. The van der Waals surface area contributed by atoms with E-state index < -0.39 is 108 Å². The highest BCUT2D eigenvalue weighted by molar-refractivity contribution is 7.99. The highest BCUT2D eigenvalue weighted by Gasteiger charge is 2.52. The first-order valence-electron chi connectivity index (χ1n) is 38.2. The normalized spacial score (nSPS) is 19.3. The summed E-state index contributed by atoms with van der Waals surface area (Å²) in [4.78, 5) is 68.3. The van der Waals surface area contributed by atoms with E-state index >= 15 is 0 Å². The van der Waals surface area contributed by atoms with Crippen LogP contribution in [0.2, 0.25) is 0 Å². The van der Waals surface area contributed by atoms with Gasteiger partial charge in [-0.25, -0.2) is 14.4 Å². The highest BCUT2D eigenvalue weighted by Crippen LogP contribution is 2.39. The molecule has 0 radical (unpaired) electrons. The molecular weight excluding hydrogens is 1480 g/mol. The zero-order chi connectivity index (χ0) is 80.3. The third kappa shape index (κ3) is 23.3. The fraction of sp³-hybridized carbons (Fsp3) is 0.287. The number of aromatic carboxylic acids is 1. The summed E-state index contributed by atoms with van der Waals surface area (Å²) in [7, 11) is 1.58. The van der Waals surface area contributed by atoms with Gasteiger partial charge in [-0.2, -0.15) is 0 Å². The Morgan fingerprint density at radius 3 is 1.37 bits per heavy atom. The number of carboxylic acid groups (broad SMARTS) is 1. The summed E-state index contributed by atoms with van der Waals surface area (Å²) in [5, 5.41) is 10.6. The van der Waals surface area contributed by atoms with Gasteiger partial charge in [0, 0.05) is 5.41 Å². The number of para-hydroxylation sites is 1. The molecule has 2 fully saturated rings. The molecule has 0 aliphatic carbocycles. The van der Waals surface area contributed by atoms with Crippen LogP contribution in [-0.2, 0) is 108 Å². The van der Waals surface area contributed by atoms with Gasteiger partial charge in [0.1, 0.15) is 90.5 Å². The lowest BCUT2D eigenvalue weighted by atomic mass is 9.78. The van der Waals surface area contributed by atoms with Crippen molar-refractivity contribution < 1.29 is 95.4 Å². The third-order valence-corrected chi connectivity index (χ3v) is 20.8. The lowest BCUT2D eigenvalue weighted by Crippen LogP contribution is -2.62. The minimum Gasteiger partial charge on any atom is -0.497 e. The number of thioether (sulfide) groups is 1. The number of allylic oxidation sites excluding steroid dienone is 1. The molecule has 2 saturated heterocycles. The molecule has 1 N–H and O–H groups in total. The van der Waals surface area contributed by atoms with Crippen molar-refractivity contribution in [1.29, 1.82) is 0 Å². The molecule has 2 heterocycles. The first kappa shape index (κ1) is 83.4. The Bertz CT molecular complexity index is 4750. The maximum Gasteiger partial charge on any atom is 0.343 e. The molecule has 0 bridgehead atoms. The maximum absolute atomic E-state index is 14.4. The SMILES string of the molecule is C=CCc1ccccc1O[C@@H]1O[C@H](COC(=O)c2ccc(C(=O)Oc3ccc(C(C)(C)c4ccc(OC(=O)CCC(=O)OC[C@H]5O[C@@H](SCC)[C@H](OCc6ccccc6)[C@@H](OCc6ccccc6)[C@@H]5OCc5ccccc5)cc4)cc3)cc2C(=O)O)[C@@H](OCc2ccc(OC)cc2)[C@H](OCc2ccccc2)[C@H]1OCc1ccccc1. The summed E-state index contributed by atoms with van der Waals surface area (Å²) in [5.74, 6) is -2.41. The first-order valence-corrected chi connectivity index (χ1v) is 39.3. The van der Waals surface area contributed by atoms with Crippen molar-refractivity contribution in [3.63, 3.8) is 0 Å². The first-order chi connectivity index (χ1) is 56.1. The van der Waals surface area contributed by atoms with E-state index in [0.29, 0.717) is 30.3 Å². The Hall–Kier alpha value is -11.1. The van der Waals surface area contributed by atoms with Crippen LogP contribution in [0.1, 0.15) is 115 Å². The predicted molar refractivity (Wildman–Crippen MR) is 433 cm³/mol. The molecule has 0 amide bonds. The smallest absolute Gasteiger partial charge is 0.343 e. The number of methoxy groups -OCH3 is 1. The molecule has 2 aliphatic heterocycles. The van der Waals surface area contributed by atoms with Crippen LogP contribution in [0.4, 0.5) is 0 Å². The molecule has 596 valence electrons. The van der Waals surface area contributed by atoms with Crippen LogP contribution in [0.15, 0.2) is 280 Å². The second-order valence-corrected chi connectivity index (χ2v) is 29.4. The minimum absolute atomic E-state index is 0.0512. The van der Waals surface area contributed by atoms with Crippen LogP contribution < -0.4 is 18.9 Å². The quantitative estimate of drug-likeness (QED) is 0.0214. The van der Waals surface area contributed by atoms with Gasteiger partial charge in [0.15, 0.2) is 0 Å². The number of ether oxygens (including phenoxy) is 14. The lowest BCUT2D eigenvalue weighted by Gasteiger charge is -2.45. The summed E-state index contributed by atoms with van der Waals surface area (Å²) >= 11 is 1.57. The van der Waals surface area contributed by atoms with Crippen molar-refractivity contribution in [3.05, 3.63) is 346 Å². The standard InChI is InChI=1S/C94H94O20S/c1-6-25-69-36-23-24-37-78(69)112-92-87(107-58-66-32-19-11-20-33-66)85(105-56-64-28-15-9-16-29-64)83(104-60-68-38-45-73(101-5)46-39-68)79(113-92)62-109-91(100)76-51-40-70(54-77(76)89(97)98)90(99)111-75-49-43-72(44-50-75)94(3,4)71-41-47-74(48-42-71)110-82(96)53-52-81(95)102-61-80-84(103-55-63-26-13-8-14-27-63)86(106-57-65-30-17-10-18-31-65)88(93(114-80)115-7-2)108-59-67-34-21-12-22-35-67/h6,8-24,26-51,54,79-80,83-88,92-93H,1,7,25,52-53,55-62H2,2-5H3,(H,97,98)/t79-,80-,83-,84-,85+,86+,87-,88-,92-,93+/m1/s1. The summed E-state index contributed by atoms with van der Waals surface area (Å²) < 4.78 is 89.9. The van der Waals surface area contributed by atoms with Crippen molar-refractivity contribution in [2.45, 2.75) is 146 Å². The van der Waals surface area contributed by atoms with E-state index in [9.17, 15) is 29.1 Å². The minimum atomic E-state index is -1.51. The molecule has 10 atom stereocenters. The number of esters is 4. The highest BCUT2D eigenvalue weighted by atomic mass is 32.2. The van der Waals surface area contributed by atoms with Gasteiger partial charge in [-0.05, 0) is 123 Å². The summed E-state index contributed by atoms with van der Waals surface area (Å²) in [6.07, 6.45) is -6.23. The van der Waals surface area contributed by atoms with Gasteiger partial charge < -0.3 is 71.4 Å². The number of benzene rings is 10. The average molecular weight is 1580 g/mol. The largest absolute Gasteiger partial charge is 0.497 e. The van der Waals surface area contributed by atoms with E-state index in [1.807, 2.05) is 233 Å². The molecule has 10 aromatic carbocycles. The van der Waals surface area contributed by atoms with E-state index in [1.165, 1.54) is 12.1 Å². The van der Waals surface area contributed by atoms with Gasteiger partial charge in [-0.3, -0.25) is 9.59 Å². The molecule has 0 unspecified atom stereocenters. The number of hydrogen-bond acceptors (Lipinski definition) is 20. The van der Waals surface area contributed by atoms with Crippen LogP contribution >= 0.6 is 11.8 Å². The Labute approximate surface area is 674 Å². The number of carboxylic acids is 1. The van der Waals surface area contributed by atoms with Crippen LogP contribution in [0.3, 0.4) is 0 Å². The Morgan fingerprint density at radius 2 is 0.870 bits per heavy atom. The Kier molecular flexibility index (Phi) is 30.3. The topological polar surface area (TPSA) is 235 Å². The molecule has 115 heavy (non-hydrogen) atoms. The van der Waals surface area contributed by atoms with Crippen molar-refractivity contribution in [3.8, 4) is 23.0 Å². The second kappa shape index (κ2) is 41.8. The van der Waals surface area contributed by atoms with Gasteiger partial charge in [-0.1, -0.05) is 233 Å². The zero-order valence-corrected chi connectivity index (χ0v) is 65.4. The molecule has 20 nitrogen and oxygen atoms in total. The van der Waals surface area contributed by atoms with Gasteiger partial charge in [0.2, 0.25) is 6.29 Å². The maximum atomic E-state index is 14.4. The van der Waals surface area contributed by atoms with Gasteiger partial charge in [0.05, 0.1) is 76.3 Å². The Morgan fingerprint density at radius 1 is 0.443 bits per heavy atom. The van der Waals surface area contributed by atoms with E-state index in [2.05, 4.69) is 6.58 Å². The van der Waals surface area contributed by atoms with E-state index in [1.54, 1.807) is 61.3 Å². The fourth-order valence-corrected chi connectivity index (χ4v) is 14.4. The Balaban J connectivity index is 0.675. The van der Waals surface area contributed by atoms with Gasteiger partial charge >= 0.3 is 29.8 Å². The summed E-state index contributed by atoms with van der Waals surface area (Å²) in [6, 6.07) is 80.9. The molecular formula is C94H94O20S. The molecule has 0 saturated carbocycles. The fourth-order valence-electron chi connectivity index (χ4n) is 13.5. The van der Waals surface area contributed by atoms with Crippen molar-refractivity contribution >= 4 is 41.6 Å². The second-order valence-electron chi connectivity index (χ2n) is 28.1. The van der Waals surface area contributed by atoms with Crippen LogP contribution in [0, 0.1) is 0 Å². The molecule has 0 spiro atoms. The van der Waals surface area contributed by atoms with Crippen molar-refractivity contribution in [2.75, 3.05) is 26.1 Å². The van der Waals surface area contributed by atoms with E-state index in [-0.39, 0.29) is 75.1 Å². The molecule has 2 aliphatic rings. The van der Waals surface area contributed by atoms with Crippen molar-refractivity contribution in [2.24, 2.45) is 0 Å². The summed E-state index contributed by atoms with van der Waals surface area (Å²) in [5.41, 5.74) is 5.77. The lowest BCUT2D eigenvalue weighted by molar-refractivity contribution is -0.307. The third-order valence-electron chi connectivity index (χ3n) is 19.7.